The van der Waals surface area contributed by atoms with E-state index in [1.165, 1.54) is 0 Å². The lowest BCUT2D eigenvalue weighted by Gasteiger charge is -2.09. The van der Waals surface area contributed by atoms with Crippen molar-refractivity contribution in [2.45, 2.75) is 6.54 Å². The number of aromatic nitrogens is 1. The highest BCUT2D eigenvalue weighted by atomic mass is 16.1. The Bertz CT molecular complexity index is 568. The number of benzene rings is 1. The van der Waals surface area contributed by atoms with E-state index in [-0.39, 0.29) is 0 Å². The molecule has 5 N–H and O–H groups in total. The van der Waals surface area contributed by atoms with Crippen molar-refractivity contribution in [2.24, 2.45) is 11.5 Å². The summed E-state index contributed by atoms with van der Waals surface area (Å²) >= 11 is 0. The van der Waals surface area contributed by atoms with E-state index < -0.39 is 5.91 Å². The summed E-state index contributed by atoms with van der Waals surface area (Å²) in [6.45, 7) is 0.459. The molecule has 1 heterocycles. The summed E-state index contributed by atoms with van der Waals surface area (Å²) in [4.78, 5) is 15.4. The van der Waals surface area contributed by atoms with Gasteiger partial charge in [0.1, 0.15) is 5.82 Å². The highest BCUT2D eigenvalue weighted by molar-refractivity contribution is 5.98. The molecular formula is C13H14N4O. The molecule has 18 heavy (non-hydrogen) atoms. The monoisotopic (exact) mass is 242 g/mol. The third kappa shape index (κ3) is 2.64. The summed E-state index contributed by atoms with van der Waals surface area (Å²) in [5.74, 6) is -0.0697. The van der Waals surface area contributed by atoms with Crippen molar-refractivity contribution in [3.05, 3.63) is 53.7 Å². The zero-order valence-corrected chi connectivity index (χ0v) is 9.76. The molecule has 2 aromatic rings. The topological polar surface area (TPSA) is 94.0 Å². The van der Waals surface area contributed by atoms with Crippen LogP contribution in [0, 0.1) is 0 Å². The van der Waals surface area contributed by atoms with E-state index in [4.69, 9.17) is 11.5 Å². The highest BCUT2D eigenvalue weighted by Gasteiger charge is 2.08. The van der Waals surface area contributed by atoms with Gasteiger partial charge < -0.3 is 16.8 Å². The molecule has 0 saturated heterocycles. The Hall–Kier alpha value is -2.40. The van der Waals surface area contributed by atoms with E-state index in [0.29, 0.717) is 17.9 Å². The molecule has 0 radical (unpaired) electrons. The van der Waals surface area contributed by atoms with Crippen LogP contribution in [0.5, 0.6) is 0 Å². The molecule has 0 unspecified atom stereocenters. The number of amides is 1. The number of anilines is 2. The summed E-state index contributed by atoms with van der Waals surface area (Å²) in [7, 11) is 0. The number of carbonyl (C=O) groups excluding carboxylic acids is 1. The molecule has 1 amide bonds. The molecular weight excluding hydrogens is 228 g/mol. The second kappa shape index (κ2) is 5.29. The van der Waals surface area contributed by atoms with Gasteiger partial charge in [-0.1, -0.05) is 12.1 Å². The molecule has 0 aliphatic carbocycles. The molecule has 0 aliphatic rings. The van der Waals surface area contributed by atoms with Gasteiger partial charge in [0.05, 0.1) is 5.56 Å². The Kier molecular flexibility index (Phi) is 3.54. The molecule has 5 heteroatoms. The largest absolute Gasteiger partial charge is 0.365 e. The van der Waals surface area contributed by atoms with Gasteiger partial charge in [-0.2, -0.15) is 0 Å². The predicted octanol–water partition coefficient (Wildman–Crippen LogP) is 1.38. The van der Waals surface area contributed by atoms with E-state index in [9.17, 15) is 4.79 Å². The maximum atomic E-state index is 11.3. The minimum Gasteiger partial charge on any atom is -0.365 e. The quantitative estimate of drug-likeness (QED) is 0.755. The number of nitrogens with one attached hydrogen (secondary N) is 1. The first-order valence-electron chi connectivity index (χ1n) is 5.51. The lowest BCUT2D eigenvalue weighted by atomic mass is 10.2. The smallest absolute Gasteiger partial charge is 0.252 e. The van der Waals surface area contributed by atoms with Crippen LogP contribution in [0.2, 0.25) is 0 Å². The number of pyridine rings is 1. The Balaban J connectivity index is 2.31. The fourth-order valence-electron chi connectivity index (χ4n) is 1.62. The standard InChI is InChI=1S/C13H14N4O/c14-8-9-3-1-4-10(7-9)17-13-11(12(15)18)5-2-6-16-13/h1-7H,8,14H2,(H2,15,18)(H,16,17). The second-order valence-electron chi connectivity index (χ2n) is 3.79. The van der Waals surface area contributed by atoms with Crippen molar-refractivity contribution in [3.8, 4) is 0 Å². The van der Waals surface area contributed by atoms with E-state index in [2.05, 4.69) is 10.3 Å². The van der Waals surface area contributed by atoms with Crippen molar-refractivity contribution >= 4 is 17.4 Å². The molecule has 0 aliphatic heterocycles. The first-order valence-corrected chi connectivity index (χ1v) is 5.51. The third-order valence-corrected chi connectivity index (χ3v) is 2.50. The molecule has 0 saturated carbocycles. The van der Waals surface area contributed by atoms with Crippen molar-refractivity contribution in [2.75, 3.05) is 5.32 Å². The van der Waals surface area contributed by atoms with Gasteiger partial charge in [0.15, 0.2) is 0 Å². The minimum absolute atomic E-state index is 0.357. The molecule has 1 aromatic carbocycles. The molecule has 1 aromatic heterocycles. The second-order valence-corrected chi connectivity index (χ2v) is 3.79. The SMILES string of the molecule is NCc1cccc(Nc2ncccc2C(N)=O)c1. The van der Waals surface area contributed by atoms with Gasteiger partial charge >= 0.3 is 0 Å². The average Bonchev–Trinajstić information content (AvgIpc) is 2.39. The normalized spacial score (nSPS) is 10.1. The summed E-state index contributed by atoms with van der Waals surface area (Å²) < 4.78 is 0. The molecule has 2 rings (SSSR count). The van der Waals surface area contributed by atoms with Gasteiger partial charge in [-0.25, -0.2) is 4.98 Å². The van der Waals surface area contributed by atoms with Gasteiger partial charge in [0, 0.05) is 18.4 Å². The van der Waals surface area contributed by atoms with Crippen LogP contribution in [0.4, 0.5) is 11.5 Å². The van der Waals surface area contributed by atoms with Crippen LogP contribution in [-0.4, -0.2) is 10.9 Å². The van der Waals surface area contributed by atoms with Crippen LogP contribution in [0.3, 0.4) is 0 Å². The summed E-state index contributed by atoms with van der Waals surface area (Å²) in [5.41, 5.74) is 13.0. The van der Waals surface area contributed by atoms with Crippen LogP contribution in [-0.2, 0) is 6.54 Å². The maximum absolute atomic E-state index is 11.3. The fourth-order valence-corrected chi connectivity index (χ4v) is 1.62. The van der Waals surface area contributed by atoms with Crippen molar-refractivity contribution in [1.29, 1.82) is 0 Å². The highest BCUT2D eigenvalue weighted by Crippen LogP contribution is 2.18. The lowest BCUT2D eigenvalue weighted by molar-refractivity contribution is 0.100. The van der Waals surface area contributed by atoms with Crippen molar-refractivity contribution in [1.82, 2.24) is 4.98 Å². The number of carbonyl (C=O) groups is 1. The van der Waals surface area contributed by atoms with Crippen LogP contribution in [0.15, 0.2) is 42.6 Å². The Morgan fingerprint density at radius 3 is 2.83 bits per heavy atom. The summed E-state index contributed by atoms with van der Waals surface area (Å²) in [6, 6.07) is 10.9. The third-order valence-electron chi connectivity index (χ3n) is 2.50. The molecule has 0 fully saturated rings. The molecule has 0 bridgehead atoms. The number of nitrogens with zero attached hydrogens (tertiary/aromatic N) is 1. The first kappa shape index (κ1) is 12.1. The number of hydrogen-bond donors (Lipinski definition) is 3. The first-order chi connectivity index (χ1) is 8.70. The van der Waals surface area contributed by atoms with Gasteiger partial charge in [-0.3, -0.25) is 4.79 Å². The Labute approximate surface area is 105 Å². The fraction of sp³-hybridized carbons (Fsp3) is 0.0769. The number of nitrogens with two attached hydrogens (primary N) is 2. The van der Waals surface area contributed by atoms with Gasteiger partial charge in [0.25, 0.3) is 5.91 Å². The molecule has 0 atom stereocenters. The average molecular weight is 242 g/mol. The zero-order valence-electron chi connectivity index (χ0n) is 9.76. The van der Waals surface area contributed by atoms with E-state index in [0.717, 1.165) is 11.3 Å². The summed E-state index contributed by atoms with van der Waals surface area (Å²) in [5, 5.41) is 3.06. The Morgan fingerprint density at radius 1 is 1.28 bits per heavy atom. The van der Waals surface area contributed by atoms with Crippen molar-refractivity contribution in [3.63, 3.8) is 0 Å². The van der Waals surface area contributed by atoms with E-state index >= 15 is 0 Å². The van der Waals surface area contributed by atoms with Crippen LogP contribution in [0.1, 0.15) is 15.9 Å². The van der Waals surface area contributed by atoms with E-state index in [1.807, 2.05) is 24.3 Å². The molecule has 5 nitrogen and oxygen atoms in total. The molecule has 0 spiro atoms. The van der Waals surface area contributed by atoms with Crippen LogP contribution >= 0.6 is 0 Å². The summed E-state index contributed by atoms with van der Waals surface area (Å²) in [6.07, 6.45) is 1.60. The van der Waals surface area contributed by atoms with Gasteiger partial charge in [-0.15, -0.1) is 0 Å². The van der Waals surface area contributed by atoms with Gasteiger partial charge in [-0.05, 0) is 29.8 Å². The van der Waals surface area contributed by atoms with Crippen LogP contribution in [0.25, 0.3) is 0 Å². The predicted molar refractivity (Wildman–Crippen MR) is 70.4 cm³/mol. The van der Waals surface area contributed by atoms with Crippen molar-refractivity contribution < 1.29 is 4.79 Å². The van der Waals surface area contributed by atoms with Gasteiger partial charge in [0.2, 0.25) is 0 Å². The Morgan fingerprint density at radius 2 is 2.11 bits per heavy atom. The molecule has 92 valence electrons. The van der Waals surface area contributed by atoms with Crippen LogP contribution < -0.4 is 16.8 Å². The maximum Gasteiger partial charge on any atom is 0.252 e. The van der Waals surface area contributed by atoms with E-state index in [1.54, 1.807) is 18.3 Å². The number of hydrogen-bond acceptors (Lipinski definition) is 4. The zero-order chi connectivity index (χ0) is 13.0. The number of primary amides is 1. The lowest BCUT2D eigenvalue weighted by Crippen LogP contribution is -2.14. The number of rotatable bonds is 4. The minimum atomic E-state index is -0.513.